The number of aromatic nitrogens is 1. The van der Waals surface area contributed by atoms with Crippen LogP contribution in [0.3, 0.4) is 0 Å². The zero-order chi connectivity index (χ0) is 8.43. The average Bonchev–Trinajstić information content (AvgIpc) is 1.94. The molecule has 1 rings (SSSR count). The first kappa shape index (κ1) is 8.89. The highest BCUT2D eigenvalue weighted by molar-refractivity contribution is 14.1. The molecule has 0 aliphatic rings. The van der Waals surface area contributed by atoms with Crippen molar-refractivity contribution in [3.05, 3.63) is 21.7 Å². The second-order valence-corrected chi connectivity index (χ2v) is 2.98. The molecule has 0 aliphatic carbocycles. The van der Waals surface area contributed by atoms with Crippen LogP contribution >= 0.6 is 22.6 Å². The third kappa shape index (κ3) is 2.11. The lowest BCUT2D eigenvalue weighted by molar-refractivity contribution is 0.421. The van der Waals surface area contributed by atoms with Gasteiger partial charge in [-0.2, -0.15) is 0 Å². The van der Waals surface area contributed by atoms with Crippen LogP contribution in [-0.4, -0.2) is 22.2 Å². The van der Waals surface area contributed by atoms with E-state index in [1.165, 1.54) is 6.07 Å². The van der Waals surface area contributed by atoms with Crippen molar-refractivity contribution in [2.75, 3.05) is 0 Å². The standard InChI is InChI=1S/C5H4BFINO2/c7-3-1-2-4(8)9-5(3)6(10)11/h1-2,10-11H. The predicted octanol–water partition coefficient (Wildman–Crippen LogP) is -0.495. The van der Waals surface area contributed by atoms with Crippen molar-refractivity contribution in [3.63, 3.8) is 0 Å². The number of rotatable bonds is 1. The Balaban J connectivity index is 3.13. The molecule has 1 aromatic heterocycles. The predicted molar refractivity (Wildman–Crippen MR) is 46.7 cm³/mol. The summed E-state index contributed by atoms with van der Waals surface area (Å²) >= 11 is 1.86. The van der Waals surface area contributed by atoms with Crippen LogP contribution in [0.1, 0.15) is 0 Å². The Morgan fingerprint density at radius 2 is 2.09 bits per heavy atom. The van der Waals surface area contributed by atoms with Gasteiger partial charge < -0.3 is 10.0 Å². The van der Waals surface area contributed by atoms with Crippen molar-refractivity contribution in [3.8, 4) is 0 Å². The Kier molecular flexibility index (Phi) is 2.80. The van der Waals surface area contributed by atoms with Gasteiger partial charge in [-0.15, -0.1) is 0 Å². The van der Waals surface area contributed by atoms with Crippen molar-refractivity contribution in [1.82, 2.24) is 4.98 Å². The van der Waals surface area contributed by atoms with Crippen LogP contribution in [0.4, 0.5) is 4.39 Å². The summed E-state index contributed by atoms with van der Waals surface area (Å²) in [5.41, 5.74) is -0.336. The SMILES string of the molecule is OB(O)c1nc(I)ccc1F. The molecule has 0 radical (unpaired) electrons. The van der Waals surface area contributed by atoms with Crippen LogP contribution < -0.4 is 5.59 Å². The van der Waals surface area contributed by atoms with Gasteiger partial charge in [-0.3, -0.25) is 0 Å². The third-order valence-electron chi connectivity index (χ3n) is 1.08. The zero-order valence-corrected chi connectivity index (χ0v) is 7.49. The number of hydrogen-bond donors (Lipinski definition) is 2. The van der Waals surface area contributed by atoms with E-state index in [1.807, 2.05) is 22.6 Å². The lowest BCUT2D eigenvalue weighted by Gasteiger charge is -1.99. The van der Waals surface area contributed by atoms with Crippen molar-refractivity contribution in [2.24, 2.45) is 0 Å². The van der Waals surface area contributed by atoms with Gasteiger partial charge in [0.25, 0.3) is 0 Å². The topological polar surface area (TPSA) is 53.4 Å². The molecule has 0 spiro atoms. The molecule has 0 fully saturated rings. The number of pyridine rings is 1. The van der Waals surface area contributed by atoms with Crippen LogP contribution in [0.5, 0.6) is 0 Å². The molecule has 11 heavy (non-hydrogen) atoms. The monoisotopic (exact) mass is 267 g/mol. The van der Waals surface area contributed by atoms with Gasteiger partial charge in [-0.25, -0.2) is 9.37 Å². The second kappa shape index (κ2) is 3.46. The van der Waals surface area contributed by atoms with Gasteiger partial charge in [0.1, 0.15) is 15.1 Å². The largest absolute Gasteiger partial charge is 0.511 e. The number of halogens is 2. The molecule has 0 saturated heterocycles. The molecule has 0 aromatic carbocycles. The van der Waals surface area contributed by atoms with Crippen molar-refractivity contribution >= 4 is 35.3 Å². The number of nitrogens with zero attached hydrogens (tertiary/aromatic N) is 1. The Bertz CT molecular complexity index is 271. The van der Waals surface area contributed by atoms with Crippen LogP contribution in [0.2, 0.25) is 0 Å². The van der Waals surface area contributed by atoms with E-state index < -0.39 is 12.9 Å². The minimum atomic E-state index is -1.84. The van der Waals surface area contributed by atoms with E-state index in [-0.39, 0.29) is 5.59 Å². The molecule has 0 saturated carbocycles. The highest BCUT2D eigenvalue weighted by Crippen LogP contribution is 1.99. The Morgan fingerprint density at radius 3 is 2.55 bits per heavy atom. The van der Waals surface area contributed by atoms with Gasteiger partial charge in [0, 0.05) is 0 Å². The first-order chi connectivity index (χ1) is 5.11. The van der Waals surface area contributed by atoms with E-state index in [1.54, 1.807) is 0 Å². The summed E-state index contributed by atoms with van der Waals surface area (Å²) in [6, 6.07) is 2.59. The van der Waals surface area contributed by atoms with Gasteiger partial charge >= 0.3 is 7.12 Å². The lowest BCUT2D eigenvalue weighted by atomic mass is 9.85. The van der Waals surface area contributed by atoms with Gasteiger partial charge in [0.2, 0.25) is 0 Å². The molecule has 3 nitrogen and oxygen atoms in total. The first-order valence-corrected chi connectivity index (χ1v) is 3.87. The maximum Gasteiger partial charge on any atom is 0.511 e. The fourth-order valence-electron chi connectivity index (χ4n) is 0.614. The van der Waals surface area contributed by atoms with Crippen molar-refractivity contribution in [1.29, 1.82) is 0 Å². The molecule has 58 valence electrons. The third-order valence-corrected chi connectivity index (χ3v) is 1.68. The Morgan fingerprint density at radius 1 is 1.45 bits per heavy atom. The molecule has 1 aromatic rings. The van der Waals surface area contributed by atoms with Crippen molar-refractivity contribution in [2.45, 2.75) is 0 Å². The maximum absolute atomic E-state index is 12.6. The molecule has 0 bridgehead atoms. The highest BCUT2D eigenvalue weighted by atomic mass is 127. The van der Waals surface area contributed by atoms with E-state index in [9.17, 15) is 4.39 Å². The first-order valence-electron chi connectivity index (χ1n) is 2.79. The summed E-state index contributed by atoms with van der Waals surface area (Å²) in [5, 5.41) is 17.2. The molecule has 6 heteroatoms. The van der Waals surface area contributed by atoms with Crippen LogP contribution in [0.15, 0.2) is 12.1 Å². The van der Waals surface area contributed by atoms with Gasteiger partial charge in [0.15, 0.2) is 0 Å². The van der Waals surface area contributed by atoms with Gasteiger partial charge in [-0.05, 0) is 34.7 Å². The van der Waals surface area contributed by atoms with E-state index in [0.29, 0.717) is 3.70 Å². The molecular weight excluding hydrogens is 263 g/mol. The fraction of sp³-hybridized carbons (Fsp3) is 0. The summed E-state index contributed by atoms with van der Waals surface area (Å²) < 4.78 is 13.2. The summed E-state index contributed by atoms with van der Waals surface area (Å²) in [6.07, 6.45) is 0. The zero-order valence-electron chi connectivity index (χ0n) is 5.33. The smallest absolute Gasteiger partial charge is 0.422 e. The summed E-state index contributed by atoms with van der Waals surface area (Å²) in [6.45, 7) is 0. The fourth-order valence-corrected chi connectivity index (χ4v) is 1.05. The van der Waals surface area contributed by atoms with E-state index in [2.05, 4.69) is 4.98 Å². The molecule has 0 amide bonds. The van der Waals surface area contributed by atoms with Gasteiger partial charge in [-0.1, -0.05) is 0 Å². The van der Waals surface area contributed by atoms with Crippen LogP contribution in [-0.2, 0) is 0 Å². The average molecular weight is 267 g/mol. The Labute approximate surface area is 76.6 Å². The molecule has 2 N–H and O–H groups in total. The minimum Gasteiger partial charge on any atom is -0.422 e. The van der Waals surface area contributed by atoms with Gasteiger partial charge in [0.05, 0.1) is 0 Å². The summed E-state index contributed by atoms with van der Waals surface area (Å²) in [5.74, 6) is -0.708. The molecule has 0 atom stereocenters. The van der Waals surface area contributed by atoms with Crippen LogP contribution in [0.25, 0.3) is 0 Å². The normalized spacial score (nSPS) is 9.82. The van der Waals surface area contributed by atoms with Crippen molar-refractivity contribution < 1.29 is 14.4 Å². The Hall–Kier alpha value is -0.205. The van der Waals surface area contributed by atoms with E-state index in [0.717, 1.165) is 6.07 Å². The lowest BCUT2D eigenvalue weighted by Crippen LogP contribution is -2.35. The van der Waals surface area contributed by atoms with Crippen LogP contribution in [0, 0.1) is 9.52 Å². The maximum atomic E-state index is 12.6. The summed E-state index contributed by atoms with van der Waals surface area (Å²) in [7, 11) is -1.84. The molecule has 0 aliphatic heterocycles. The molecular formula is C5H4BFINO2. The quantitative estimate of drug-likeness (QED) is 0.410. The summed E-state index contributed by atoms with van der Waals surface area (Å²) in [4.78, 5) is 3.58. The van der Waals surface area contributed by atoms with E-state index >= 15 is 0 Å². The van der Waals surface area contributed by atoms with E-state index in [4.69, 9.17) is 10.0 Å². The minimum absolute atomic E-state index is 0.336. The second-order valence-electron chi connectivity index (χ2n) is 1.87. The highest BCUT2D eigenvalue weighted by Gasteiger charge is 2.18. The molecule has 1 heterocycles. The number of hydrogen-bond acceptors (Lipinski definition) is 3. The molecule has 0 unspecified atom stereocenters.